The number of esters is 1. The zero-order chi connectivity index (χ0) is 13.9. The van der Waals surface area contributed by atoms with Crippen molar-refractivity contribution in [2.24, 2.45) is 0 Å². The van der Waals surface area contributed by atoms with Gasteiger partial charge in [0.15, 0.2) is 0 Å². The molecule has 0 atom stereocenters. The van der Waals surface area contributed by atoms with E-state index in [1.54, 1.807) is 12.1 Å². The first-order chi connectivity index (χ1) is 9.72. The number of carbonyl (C=O) groups is 1. The van der Waals surface area contributed by atoms with Gasteiger partial charge in [0.05, 0.1) is 5.56 Å². The van der Waals surface area contributed by atoms with E-state index in [0.717, 1.165) is 16.4 Å². The van der Waals surface area contributed by atoms with Crippen molar-refractivity contribution >= 4 is 28.6 Å². The number of rotatable bonds is 2. The number of ether oxygens (including phenoxy) is 1. The van der Waals surface area contributed by atoms with Crippen LogP contribution in [0.4, 0.5) is 0 Å². The van der Waals surface area contributed by atoms with Gasteiger partial charge in [-0.15, -0.1) is 0 Å². The van der Waals surface area contributed by atoms with Gasteiger partial charge in [-0.25, -0.2) is 4.79 Å². The van der Waals surface area contributed by atoms with E-state index >= 15 is 0 Å². The largest absolute Gasteiger partial charge is 0.423 e. The minimum atomic E-state index is -0.294. The molecule has 1 aliphatic carbocycles. The molecule has 3 heteroatoms. The molecule has 0 spiro atoms. The molecule has 102 valence electrons. The third-order valence-corrected chi connectivity index (χ3v) is 4.33. The first-order valence-corrected chi connectivity index (χ1v) is 7.90. The number of benzene rings is 2. The molecule has 3 rings (SSSR count). The van der Waals surface area contributed by atoms with E-state index in [1.807, 2.05) is 24.3 Å². The Labute approximate surface area is 132 Å². The fourth-order valence-electron chi connectivity index (χ4n) is 2.53. The summed E-state index contributed by atoms with van der Waals surface area (Å²) in [5.41, 5.74) is 3.30. The molecule has 0 aliphatic heterocycles. The van der Waals surface area contributed by atoms with Crippen LogP contribution < -0.4 is 4.74 Å². The molecule has 0 aromatic heterocycles. The second kappa shape index (κ2) is 5.95. The average Bonchev–Trinajstić information content (AvgIpc) is 2.48. The summed E-state index contributed by atoms with van der Waals surface area (Å²) >= 11 is 2.21. The van der Waals surface area contributed by atoms with Crippen LogP contribution in [0.3, 0.4) is 0 Å². The monoisotopic (exact) mass is 378 g/mol. The van der Waals surface area contributed by atoms with Crippen LogP contribution in [-0.4, -0.2) is 5.97 Å². The minimum Gasteiger partial charge on any atom is -0.423 e. The normalized spacial score (nSPS) is 13.7. The van der Waals surface area contributed by atoms with E-state index in [4.69, 9.17) is 4.74 Å². The van der Waals surface area contributed by atoms with Gasteiger partial charge >= 0.3 is 5.97 Å². The zero-order valence-corrected chi connectivity index (χ0v) is 13.2. The SMILES string of the molecule is O=C(Oc1ccc2c(c1)CCCC2)c1ccc(I)cc1. The summed E-state index contributed by atoms with van der Waals surface area (Å²) in [5.74, 6) is 0.353. The highest BCUT2D eigenvalue weighted by Crippen LogP contribution is 2.25. The van der Waals surface area contributed by atoms with Gasteiger partial charge in [-0.2, -0.15) is 0 Å². The second-order valence-corrected chi connectivity index (χ2v) is 6.28. The van der Waals surface area contributed by atoms with Gasteiger partial charge in [0, 0.05) is 3.57 Å². The molecule has 2 aromatic carbocycles. The Hall–Kier alpha value is -1.36. The standard InChI is InChI=1S/C17H15IO2/c18-15-8-5-13(6-9-15)17(19)20-16-10-7-12-3-1-2-4-14(12)11-16/h5-11H,1-4H2. The maximum absolute atomic E-state index is 12.1. The van der Waals surface area contributed by atoms with Gasteiger partial charge in [0.25, 0.3) is 0 Å². The zero-order valence-electron chi connectivity index (χ0n) is 11.1. The summed E-state index contributed by atoms with van der Waals surface area (Å²) in [6.07, 6.45) is 4.71. The molecule has 0 amide bonds. The molecular weight excluding hydrogens is 363 g/mol. The first kappa shape index (κ1) is 13.6. The summed E-state index contributed by atoms with van der Waals surface area (Å²) in [7, 11) is 0. The van der Waals surface area contributed by atoms with Crippen molar-refractivity contribution in [3.05, 3.63) is 62.7 Å². The van der Waals surface area contributed by atoms with Crippen LogP contribution in [0, 0.1) is 3.57 Å². The highest BCUT2D eigenvalue weighted by atomic mass is 127. The molecular formula is C17H15IO2. The lowest BCUT2D eigenvalue weighted by Gasteiger charge is -2.16. The van der Waals surface area contributed by atoms with E-state index in [9.17, 15) is 4.79 Å². The maximum Gasteiger partial charge on any atom is 0.343 e. The third kappa shape index (κ3) is 3.03. The maximum atomic E-state index is 12.1. The van der Waals surface area contributed by atoms with Crippen LogP contribution in [0.5, 0.6) is 5.75 Å². The number of hydrogen-bond donors (Lipinski definition) is 0. The van der Waals surface area contributed by atoms with Gasteiger partial charge in [-0.1, -0.05) is 6.07 Å². The van der Waals surface area contributed by atoms with Crippen LogP contribution in [-0.2, 0) is 12.8 Å². The number of hydrogen-bond acceptors (Lipinski definition) is 2. The van der Waals surface area contributed by atoms with Gasteiger partial charge in [0.1, 0.15) is 5.75 Å². The van der Waals surface area contributed by atoms with Crippen LogP contribution >= 0.6 is 22.6 Å². The lowest BCUT2D eigenvalue weighted by Crippen LogP contribution is -2.09. The number of fused-ring (bicyclic) bond motifs is 1. The number of aryl methyl sites for hydroxylation is 2. The fraction of sp³-hybridized carbons (Fsp3) is 0.235. The molecule has 0 radical (unpaired) electrons. The Bertz CT molecular complexity index is 632. The van der Waals surface area contributed by atoms with Crippen molar-refractivity contribution < 1.29 is 9.53 Å². The Morgan fingerprint density at radius 1 is 0.950 bits per heavy atom. The predicted molar refractivity (Wildman–Crippen MR) is 87.2 cm³/mol. The molecule has 0 N–H and O–H groups in total. The van der Waals surface area contributed by atoms with Crippen LogP contribution in [0.2, 0.25) is 0 Å². The first-order valence-electron chi connectivity index (χ1n) is 6.82. The molecule has 0 fully saturated rings. The van der Waals surface area contributed by atoms with Crippen molar-refractivity contribution in [2.45, 2.75) is 25.7 Å². The van der Waals surface area contributed by atoms with Crippen LogP contribution in [0.1, 0.15) is 34.3 Å². The van der Waals surface area contributed by atoms with Gasteiger partial charge in [-0.3, -0.25) is 0 Å². The molecule has 2 aromatic rings. The molecule has 0 saturated carbocycles. The van der Waals surface area contributed by atoms with E-state index in [1.165, 1.54) is 24.0 Å². The summed E-state index contributed by atoms with van der Waals surface area (Å²) in [6.45, 7) is 0. The molecule has 0 unspecified atom stereocenters. The molecule has 2 nitrogen and oxygen atoms in total. The Balaban J connectivity index is 1.77. The van der Waals surface area contributed by atoms with Crippen LogP contribution in [0.15, 0.2) is 42.5 Å². The lowest BCUT2D eigenvalue weighted by atomic mass is 9.92. The summed E-state index contributed by atoms with van der Waals surface area (Å²) < 4.78 is 6.57. The van der Waals surface area contributed by atoms with E-state index in [-0.39, 0.29) is 5.97 Å². The molecule has 0 heterocycles. The van der Waals surface area contributed by atoms with E-state index < -0.39 is 0 Å². The fourth-order valence-corrected chi connectivity index (χ4v) is 2.88. The van der Waals surface area contributed by atoms with Crippen molar-refractivity contribution in [3.63, 3.8) is 0 Å². The summed E-state index contributed by atoms with van der Waals surface area (Å²) in [5, 5.41) is 0. The summed E-state index contributed by atoms with van der Waals surface area (Å²) in [6, 6.07) is 13.4. The van der Waals surface area contributed by atoms with Gasteiger partial charge < -0.3 is 4.74 Å². The second-order valence-electron chi connectivity index (χ2n) is 5.03. The molecule has 0 bridgehead atoms. The molecule has 20 heavy (non-hydrogen) atoms. The highest BCUT2D eigenvalue weighted by molar-refractivity contribution is 14.1. The summed E-state index contributed by atoms with van der Waals surface area (Å²) in [4.78, 5) is 12.1. The number of halogens is 1. The van der Waals surface area contributed by atoms with Crippen molar-refractivity contribution in [3.8, 4) is 5.75 Å². The van der Waals surface area contributed by atoms with Crippen LogP contribution in [0.25, 0.3) is 0 Å². The Morgan fingerprint density at radius 2 is 1.65 bits per heavy atom. The third-order valence-electron chi connectivity index (χ3n) is 3.61. The van der Waals surface area contributed by atoms with Gasteiger partial charge in [-0.05, 0) is 95.8 Å². The lowest BCUT2D eigenvalue weighted by molar-refractivity contribution is 0.0734. The van der Waals surface area contributed by atoms with Crippen molar-refractivity contribution in [1.82, 2.24) is 0 Å². The number of carbonyl (C=O) groups excluding carboxylic acids is 1. The molecule has 0 saturated heterocycles. The Morgan fingerprint density at radius 3 is 2.40 bits per heavy atom. The predicted octanol–water partition coefficient (Wildman–Crippen LogP) is 4.39. The van der Waals surface area contributed by atoms with Gasteiger partial charge in [0.2, 0.25) is 0 Å². The molecule has 1 aliphatic rings. The average molecular weight is 378 g/mol. The topological polar surface area (TPSA) is 26.3 Å². The van der Waals surface area contributed by atoms with Crippen molar-refractivity contribution in [1.29, 1.82) is 0 Å². The van der Waals surface area contributed by atoms with E-state index in [2.05, 4.69) is 28.7 Å². The van der Waals surface area contributed by atoms with E-state index in [0.29, 0.717) is 11.3 Å². The smallest absolute Gasteiger partial charge is 0.343 e. The van der Waals surface area contributed by atoms with Crippen molar-refractivity contribution in [2.75, 3.05) is 0 Å². The quantitative estimate of drug-likeness (QED) is 0.440. The Kier molecular flexibility index (Phi) is 4.05. The minimum absolute atomic E-state index is 0.294. The highest BCUT2D eigenvalue weighted by Gasteiger charge is 2.12.